The molecule has 0 radical (unpaired) electrons. The Kier molecular flexibility index (Phi) is 3.29. The van der Waals surface area contributed by atoms with Crippen LogP contribution >= 0.6 is 0 Å². The van der Waals surface area contributed by atoms with Crippen LogP contribution in [0, 0.1) is 13.8 Å². The summed E-state index contributed by atoms with van der Waals surface area (Å²) >= 11 is 0. The molecule has 0 spiro atoms. The van der Waals surface area contributed by atoms with Gasteiger partial charge in [-0.2, -0.15) is 0 Å². The first-order chi connectivity index (χ1) is 8.08. The Labute approximate surface area is 102 Å². The van der Waals surface area contributed by atoms with E-state index in [4.69, 9.17) is 5.73 Å². The zero-order chi connectivity index (χ0) is 12.4. The zero-order valence-corrected chi connectivity index (χ0v) is 10.6. The number of hydrogen-bond donors (Lipinski definition) is 1. The first-order valence-corrected chi connectivity index (χ1v) is 5.91. The van der Waals surface area contributed by atoms with Crippen molar-refractivity contribution in [1.82, 2.24) is 9.55 Å². The molecule has 2 aromatic rings. The van der Waals surface area contributed by atoms with E-state index in [0.29, 0.717) is 0 Å². The molecule has 3 nitrogen and oxygen atoms in total. The summed E-state index contributed by atoms with van der Waals surface area (Å²) in [7, 11) is 0. The van der Waals surface area contributed by atoms with Gasteiger partial charge in [0.1, 0.15) is 5.82 Å². The summed E-state index contributed by atoms with van der Waals surface area (Å²) in [4.78, 5) is 4.47. The second kappa shape index (κ2) is 4.72. The lowest BCUT2D eigenvalue weighted by Gasteiger charge is -2.07. The van der Waals surface area contributed by atoms with Crippen LogP contribution in [-0.4, -0.2) is 9.55 Å². The third-order valence-corrected chi connectivity index (χ3v) is 3.06. The smallest absolute Gasteiger partial charge is 0.106 e. The summed E-state index contributed by atoms with van der Waals surface area (Å²) in [6.45, 7) is 6.97. The van der Waals surface area contributed by atoms with Crippen LogP contribution in [0.2, 0.25) is 0 Å². The summed E-state index contributed by atoms with van der Waals surface area (Å²) in [6, 6.07) is 8.41. The molecule has 0 fully saturated rings. The molecule has 2 rings (SSSR count). The predicted octanol–water partition coefficient (Wildman–Crippen LogP) is 2.57. The van der Waals surface area contributed by atoms with Gasteiger partial charge in [-0.05, 0) is 31.9 Å². The number of imidazole rings is 1. The highest BCUT2D eigenvalue weighted by molar-refractivity contribution is 5.26. The first kappa shape index (κ1) is 11.9. The quantitative estimate of drug-likeness (QED) is 0.879. The molecule has 0 bridgehead atoms. The van der Waals surface area contributed by atoms with Crippen molar-refractivity contribution in [3.8, 4) is 0 Å². The maximum Gasteiger partial charge on any atom is 0.106 e. The summed E-state index contributed by atoms with van der Waals surface area (Å²) in [5.74, 6) is 1.01. The largest absolute Gasteiger partial charge is 0.330 e. The van der Waals surface area contributed by atoms with E-state index in [1.54, 1.807) is 0 Å². The Hall–Kier alpha value is -1.61. The fraction of sp³-hybridized carbons (Fsp3) is 0.357. The maximum atomic E-state index is 5.84. The van der Waals surface area contributed by atoms with Crippen molar-refractivity contribution < 1.29 is 0 Å². The van der Waals surface area contributed by atoms with E-state index < -0.39 is 0 Å². The highest BCUT2D eigenvalue weighted by atomic mass is 15.1. The van der Waals surface area contributed by atoms with E-state index in [-0.39, 0.29) is 6.04 Å². The number of rotatable bonds is 3. The van der Waals surface area contributed by atoms with E-state index in [9.17, 15) is 0 Å². The van der Waals surface area contributed by atoms with Crippen molar-refractivity contribution in [2.45, 2.75) is 33.4 Å². The van der Waals surface area contributed by atoms with Crippen LogP contribution in [0.5, 0.6) is 0 Å². The maximum absolute atomic E-state index is 5.84. The molecule has 2 N–H and O–H groups in total. The monoisotopic (exact) mass is 229 g/mol. The third-order valence-electron chi connectivity index (χ3n) is 3.06. The normalized spacial score (nSPS) is 12.7. The summed E-state index contributed by atoms with van der Waals surface area (Å²) in [5, 5.41) is 0. The number of aromatic nitrogens is 2. The van der Waals surface area contributed by atoms with E-state index in [1.165, 1.54) is 11.1 Å². The van der Waals surface area contributed by atoms with Gasteiger partial charge in [0.05, 0.1) is 5.69 Å². The van der Waals surface area contributed by atoms with E-state index in [2.05, 4.69) is 40.7 Å². The van der Waals surface area contributed by atoms with E-state index >= 15 is 0 Å². The van der Waals surface area contributed by atoms with Gasteiger partial charge in [-0.25, -0.2) is 4.98 Å². The average Bonchev–Trinajstić information content (AvgIpc) is 2.64. The van der Waals surface area contributed by atoms with Crippen LogP contribution in [-0.2, 0) is 6.54 Å². The Morgan fingerprint density at radius 1 is 1.29 bits per heavy atom. The summed E-state index contributed by atoms with van der Waals surface area (Å²) in [6.07, 6.45) is 2.05. The van der Waals surface area contributed by atoms with Crippen molar-refractivity contribution >= 4 is 0 Å². The Bertz CT molecular complexity index is 512. The lowest BCUT2D eigenvalue weighted by Crippen LogP contribution is -2.05. The fourth-order valence-corrected chi connectivity index (χ4v) is 1.88. The standard InChI is InChI=1S/C14H19N3/c1-10-6-4-5-7-13(10)8-17-9-14(11(2)15)16-12(17)3/h4-7,9,11H,8,15H2,1-3H3. The van der Waals surface area contributed by atoms with Gasteiger partial charge in [-0.15, -0.1) is 0 Å². The molecule has 0 aliphatic heterocycles. The van der Waals surface area contributed by atoms with Gasteiger partial charge in [-0.3, -0.25) is 0 Å². The minimum atomic E-state index is -0.00757. The average molecular weight is 229 g/mol. The number of benzene rings is 1. The summed E-state index contributed by atoms with van der Waals surface area (Å²) in [5.41, 5.74) is 9.43. The highest BCUT2D eigenvalue weighted by Gasteiger charge is 2.08. The Balaban J connectivity index is 2.27. The van der Waals surface area contributed by atoms with Crippen molar-refractivity contribution in [3.05, 3.63) is 53.1 Å². The third kappa shape index (κ3) is 2.56. The van der Waals surface area contributed by atoms with Gasteiger partial charge >= 0.3 is 0 Å². The Morgan fingerprint density at radius 3 is 2.59 bits per heavy atom. The molecule has 1 aromatic heterocycles. The molecule has 1 heterocycles. The molecule has 1 atom stereocenters. The zero-order valence-electron chi connectivity index (χ0n) is 10.6. The van der Waals surface area contributed by atoms with Crippen LogP contribution in [0.15, 0.2) is 30.5 Å². The van der Waals surface area contributed by atoms with Crippen molar-refractivity contribution in [2.24, 2.45) is 5.73 Å². The Morgan fingerprint density at radius 2 is 2.00 bits per heavy atom. The van der Waals surface area contributed by atoms with Gasteiger partial charge in [0.25, 0.3) is 0 Å². The van der Waals surface area contributed by atoms with Crippen LogP contribution in [0.25, 0.3) is 0 Å². The summed E-state index contributed by atoms with van der Waals surface area (Å²) < 4.78 is 2.15. The van der Waals surface area contributed by atoms with Crippen molar-refractivity contribution in [3.63, 3.8) is 0 Å². The van der Waals surface area contributed by atoms with Gasteiger partial charge in [-0.1, -0.05) is 24.3 Å². The molecule has 1 unspecified atom stereocenters. The second-order valence-electron chi connectivity index (χ2n) is 4.56. The highest BCUT2D eigenvalue weighted by Crippen LogP contribution is 2.14. The lowest BCUT2D eigenvalue weighted by molar-refractivity contribution is 0.755. The van der Waals surface area contributed by atoms with Crippen LogP contribution in [0.1, 0.15) is 35.6 Å². The number of nitrogens with zero attached hydrogens (tertiary/aromatic N) is 2. The minimum Gasteiger partial charge on any atom is -0.330 e. The SMILES string of the molecule is Cc1ccccc1Cn1cc(C(C)N)nc1C. The molecule has 0 aliphatic rings. The molecule has 0 saturated carbocycles. The second-order valence-corrected chi connectivity index (χ2v) is 4.56. The van der Waals surface area contributed by atoms with E-state index in [0.717, 1.165) is 18.1 Å². The molecule has 17 heavy (non-hydrogen) atoms. The van der Waals surface area contributed by atoms with Crippen LogP contribution in [0.3, 0.4) is 0 Å². The molecule has 0 saturated heterocycles. The van der Waals surface area contributed by atoms with Gasteiger partial charge in [0.2, 0.25) is 0 Å². The van der Waals surface area contributed by atoms with Gasteiger partial charge in [0.15, 0.2) is 0 Å². The molecular formula is C14H19N3. The first-order valence-electron chi connectivity index (χ1n) is 5.91. The van der Waals surface area contributed by atoms with Crippen molar-refractivity contribution in [1.29, 1.82) is 0 Å². The fourth-order valence-electron chi connectivity index (χ4n) is 1.88. The predicted molar refractivity (Wildman–Crippen MR) is 69.8 cm³/mol. The van der Waals surface area contributed by atoms with Crippen molar-refractivity contribution in [2.75, 3.05) is 0 Å². The molecule has 0 aliphatic carbocycles. The molecular weight excluding hydrogens is 210 g/mol. The topological polar surface area (TPSA) is 43.8 Å². The van der Waals surface area contributed by atoms with Gasteiger partial charge in [0, 0.05) is 18.8 Å². The number of hydrogen-bond acceptors (Lipinski definition) is 2. The molecule has 90 valence electrons. The molecule has 0 amide bonds. The molecule has 3 heteroatoms. The van der Waals surface area contributed by atoms with Crippen LogP contribution in [0.4, 0.5) is 0 Å². The van der Waals surface area contributed by atoms with E-state index in [1.807, 2.05) is 20.0 Å². The van der Waals surface area contributed by atoms with Crippen LogP contribution < -0.4 is 5.73 Å². The number of nitrogens with two attached hydrogens (primary N) is 1. The lowest BCUT2D eigenvalue weighted by atomic mass is 10.1. The number of aryl methyl sites for hydroxylation is 2. The minimum absolute atomic E-state index is 0.00757. The molecule has 1 aromatic carbocycles. The van der Waals surface area contributed by atoms with Gasteiger partial charge < -0.3 is 10.3 Å².